The van der Waals surface area contributed by atoms with Crippen molar-refractivity contribution in [2.75, 3.05) is 13.1 Å². The number of β-amino-alcohol motifs (C(OH)–C–C–N with tert-alkyl or cyclic N) is 1. The van der Waals surface area contributed by atoms with Gasteiger partial charge in [-0.3, -0.25) is 9.59 Å². The number of aliphatic hydroxyl groups is 1. The van der Waals surface area contributed by atoms with Gasteiger partial charge in [0.05, 0.1) is 36.1 Å². The fourth-order valence-corrected chi connectivity index (χ4v) is 5.37. The third kappa shape index (κ3) is 4.93. The number of amides is 2. The molecule has 2 aliphatic heterocycles. The first-order chi connectivity index (χ1) is 17.4. The lowest BCUT2D eigenvalue weighted by molar-refractivity contribution is -0.137. The van der Waals surface area contributed by atoms with Gasteiger partial charge in [0.15, 0.2) is 0 Å². The highest BCUT2D eigenvalue weighted by atomic mass is 16.3. The summed E-state index contributed by atoms with van der Waals surface area (Å²) in [5.74, 6) is 0.555. The minimum atomic E-state index is -0.510. The number of piperidine rings is 1. The SMILES string of the molecule is CC1CCC(c2cccn2C)N(C(=O)c2ccccc2-n2cc(CN3CC(O)CCC3=O)nn2)CC1. The molecule has 5 rings (SSSR count). The highest BCUT2D eigenvalue weighted by Gasteiger charge is 2.32. The summed E-state index contributed by atoms with van der Waals surface area (Å²) in [6.45, 7) is 3.54. The number of para-hydroxylation sites is 1. The zero-order valence-electron chi connectivity index (χ0n) is 21.0. The van der Waals surface area contributed by atoms with Crippen LogP contribution in [0.3, 0.4) is 0 Å². The van der Waals surface area contributed by atoms with Gasteiger partial charge in [0.2, 0.25) is 5.91 Å². The van der Waals surface area contributed by atoms with E-state index in [0.717, 1.165) is 25.0 Å². The van der Waals surface area contributed by atoms with Crippen molar-refractivity contribution in [3.05, 3.63) is 65.7 Å². The van der Waals surface area contributed by atoms with E-state index in [-0.39, 0.29) is 24.4 Å². The maximum Gasteiger partial charge on any atom is 0.256 e. The van der Waals surface area contributed by atoms with E-state index in [9.17, 15) is 14.7 Å². The molecule has 0 bridgehead atoms. The Labute approximate surface area is 211 Å². The minimum Gasteiger partial charge on any atom is -0.391 e. The van der Waals surface area contributed by atoms with Crippen molar-refractivity contribution in [1.29, 1.82) is 0 Å². The summed E-state index contributed by atoms with van der Waals surface area (Å²) in [6, 6.07) is 11.6. The first-order valence-electron chi connectivity index (χ1n) is 12.8. The number of hydrogen-bond acceptors (Lipinski definition) is 5. The second-order valence-corrected chi connectivity index (χ2v) is 10.2. The van der Waals surface area contributed by atoms with Gasteiger partial charge in [0.1, 0.15) is 5.69 Å². The molecule has 9 nitrogen and oxygen atoms in total. The lowest BCUT2D eigenvalue weighted by atomic mass is 10.00. The van der Waals surface area contributed by atoms with E-state index in [1.165, 1.54) is 0 Å². The molecule has 3 unspecified atom stereocenters. The second-order valence-electron chi connectivity index (χ2n) is 10.2. The zero-order chi connectivity index (χ0) is 25.2. The second kappa shape index (κ2) is 10.3. The Kier molecular flexibility index (Phi) is 6.91. The fraction of sp³-hybridized carbons (Fsp3) is 0.481. The molecule has 2 aromatic heterocycles. The van der Waals surface area contributed by atoms with Crippen molar-refractivity contribution in [3.63, 3.8) is 0 Å². The third-order valence-electron chi connectivity index (χ3n) is 7.51. The van der Waals surface area contributed by atoms with E-state index in [0.29, 0.717) is 48.8 Å². The first-order valence-corrected chi connectivity index (χ1v) is 12.8. The summed E-state index contributed by atoms with van der Waals surface area (Å²) in [5, 5.41) is 18.5. The molecule has 36 heavy (non-hydrogen) atoms. The van der Waals surface area contributed by atoms with Crippen LogP contribution in [0.25, 0.3) is 5.69 Å². The van der Waals surface area contributed by atoms with Gasteiger partial charge in [0, 0.05) is 38.4 Å². The summed E-state index contributed by atoms with van der Waals surface area (Å²) < 4.78 is 3.72. The molecule has 9 heteroatoms. The highest BCUT2D eigenvalue weighted by Crippen LogP contribution is 2.34. The van der Waals surface area contributed by atoms with E-state index < -0.39 is 6.10 Å². The normalized spacial score (nSPS) is 23.1. The van der Waals surface area contributed by atoms with Crippen molar-refractivity contribution in [2.24, 2.45) is 13.0 Å². The van der Waals surface area contributed by atoms with Crippen LogP contribution in [0, 0.1) is 5.92 Å². The van der Waals surface area contributed by atoms with Crippen molar-refractivity contribution in [3.8, 4) is 5.69 Å². The summed E-state index contributed by atoms with van der Waals surface area (Å²) in [5.41, 5.74) is 3.00. The van der Waals surface area contributed by atoms with Crippen LogP contribution < -0.4 is 0 Å². The lowest BCUT2D eigenvalue weighted by Gasteiger charge is -2.31. The summed E-state index contributed by atoms with van der Waals surface area (Å²) in [7, 11) is 2.03. The van der Waals surface area contributed by atoms with Gasteiger partial charge in [-0.1, -0.05) is 24.3 Å². The van der Waals surface area contributed by atoms with Crippen LogP contribution in [0.15, 0.2) is 48.8 Å². The molecule has 2 fully saturated rings. The predicted octanol–water partition coefficient (Wildman–Crippen LogP) is 3.09. The Hall–Kier alpha value is -3.46. The maximum atomic E-state index is 14.0. The molecule has 190 valence electrons. The molecule has 2 amide bonds. The van der Waals surface area contributed by atoms with Crippen LogP contribution in [0.5, 0.6) is 0 Å². The monoisotopic (exact) mass is 490 g/mol. The number of benzene rings is 1. The summed E-state index contributed by atoms with van der Waals surface area (Å²) in [4.78, 5) is 29.9. The Bertz CT molecular complexity index is 1230. The van der Waals surface area contributed by atoms with Crippen LogP contribution in [-0.2, 0) is 18.4 Å². The molecule has 3 atom stereocenters. The molecule has 1 aromatic carbocycles. The van der Waals surface area contributed by atoms with Crippen molar-refractivity contribution >= 4 is 11.8 Å². The topological polar surface area (TPSA) is 96.5 Å². The predicted molar refractivity (Wildman–Crippen MR) is 134 cm³/mol. The number of carbonyl (C=O) groups is 2. The number of likely N-dealkylation sites (tertiary alicyclic amines) is 2. The molecule has 2 saturated heterocycles. The average Bonchev–Trinajstić information content (AvgIpc) is 3.47. The molecule has 1 N–H and O–H groups in total. The molecular weight excluding hydrogens is 456 g/mol. The molecule has 0 radical (unpaired) electrons. The number of aromatic nitrogens is 4. The first kappa shape index (κ1) is 24.2. The van der Waals surface area contributed by atoms with Crippen molar-refractivity contribution < 1.29 is 14.7 Å². The third-order valence-corrected chi connectivity index (χ3v) is 7.51. The molecule has 0 saturated carbocycles. The van der Waals surface area contributed by atoms with Gasteiger partial charge in [-0.15, -0.1) is 5.10 Å². The van der Waals surface area contributed by atoms with Crippen LogP contribution in [0.1, 0.15) is 66.8 Å². The van der Waals surface area contributed by atoms with Gasteiger partial charge < -0.3 is 19.5 Å². The van der Waals surface area contributed by atoms with Gasteiger partial charge in [-0.05, 0) is 55.9 Å². The number of aryl methyl sites for hydroxylation is 1. The summed E-state index contributed by atoms with van der Waals surface area (Å²) >= 11 is 0. The van der Waals surface area contributed by atoms with Crippen molar-refractivity contribution in [2.45, 2.75) is 57.7 Å². The van der Waals surface area contributed by atoms with Crippen LogP contribution in [0.2, 0.25) is 0 Å². The van der Waals surface area contributed by atoms with Gasteiger partial charge in [-0.25, -0.2) is 4.68 Å². The number of aliphatic hydroxyl groups excluding tert-OH is 1. The van der Waals surface area contributed by atoms with Crippen LogP contribution in [-0.4, -0.2) is 65.5 Å². The van der Waals surface area contributed by atoms with Crippen LogP contribution in [0.4, 0.5) is 0 Å². The largest absolute Gasteiger partial charge is 0.391 e. The van der Waals surface area contributed by atoms with E-state index in [1.807, 2.05) is 48.5 Å². The standard InChI is InChI=1S/C27H34N6O3/c1-19-9-11-25(24-8-5-14-30(24)2)32(15-13-19)27(36)22-6-3-4-7-23(22)33-17-20(28-29-33)16-31-18-21(34)10-12-26(31)35/h3-8,14,17,19,21,25,34H,9-13,15-16,18H2,1-2H3. The average molecular weight is 491 g/mol. The molecule has 3 aromatic rings. The van der Waals surface area contributed by atoms with Crippen molar-refractivity contribution in [1.82, 2.24) is 29.4 Å². The number of rotatable bonds is 5. The number of hydrogen-bond donors (Lipinski definition) is 1. The van der Waals surface area contributed by atoms with Gasteiger partial charge >= 0.3 is 0 Å². The maximum absolute atomic E-state index is 14.0. The lowest BCUT2D eigenvalue weighted by Crippen LogP contribution is -2.41. The smallest absolute Gasteiger partial charge is 0.256 e. The van der Waals surface area contributed by atoms with E-state index in [1.54, 1.807) is 15.8 Å². The highest BCUT2D eigenvalue weighted by molar-refractivity contribution is 5.98. The minimum absolute atomic E-state index is 0.00698. The molecule has 0 aliphatic carbocycles. The van der Waals surface area contributed by atoms with Gasteiger partial charge in [-0.2, -0.15) is 0 Å². The Morgan fingerprint density at radius 1 is 1.11 bits per heavy atom. The Morgan fingerprint density at radius 3 is 2.75 bits per heavy atom. The zero-order valence-corrected chi connectivity index (χ0v) is 21.0. The molecule has 2 aliphatic rings. The Balaban J connectivity index is 1.42. The van der Waals surface area contributed by atoms with Gasteiger partial charge in [0.25, 0.3) is 5.91 Å². The molecular formula is C27H34N6O3. The van der Waals surface area contributed by atoms with E-state index in [2.05, 4.69) is 27.9 Å². The van der Waals surface area contributed by atoms with E-state index in [4.69, 9.17) is 0 Å². The fourth-order valence-electron chi connectivity index (χ4n) is 5.37. The molecule has 4 heterocycles. The quantitative estimate of drug-likeness (QED) is 0.593. The summed E-state index contributed by atoms with van der Waals surface area (Å²) in [6.07, 6.45) is 7.10. The van der Waals surface area contributed by atoms with E-state index >= 15 is 0 Å². The van der Waals surface area contributed by atoms with Crippen LogP contribution >= 0.6 is 0 Å². The number of nitrogens with zero attached hydrogens (tertiary/aromatic N) is 6. The molecule has 0 spiro atoms. The number of carbonyl (C=O) groups excluding carboxylic acids is 2. The Morgan fingerprint density at radius 2 is 1.94 bits per heavy atom.